The van der Waals surface area contributed by atoms with E-state index in [1.807, 2.05) is 6.07 Å². The molecule has 1 saturated carbocycles. The molecule has 5 nitrogen and oxygen atoms in total. The third-order valence-electron chi connectivity index (χ3n) is 7.01. The summed E-state index contributed by atoms with van der Waals surface area (Å²) < 4.78 is 11.6. The van der Waals surface area contributed by atoms with E-state index in [4.69, 9.17) is 9.47 Å². The molecule has 1 aromatic rings. The molecule has 27 heavy (non-hydrogen) atoms. The van der Waals surface area contributed by atoms with Crippen LogP contribution in [-0.2, 0) is 9.53 Å². The van der Waals surface area contributed by atoms with Crippen molar-refractivity contribution in [2.75, 3.05) is 39.9 Å². The first-order chi connectivity index (χ1) is 13.2. The van der Waals surface area contributed by atoms with Crippen LogP contribution in [0.4, 0.5) is 0 Å². The van der Waals surface area contributed by atoms with Gasteiger partial charge in [0.15, 0.2) is 0 Å². The van der Waals surface area contributed by atoms with Gasteiger partial charge in [-0.25, -0.2) is 0 Å². The molecule has 3 fully saturated rings. The zero-order valence-electron chi connectivity index (χ0n) is 16.2. The number of piperidine rings is 1. The van der Waals surface area contributed by atoms with Crippen molar-refractivity contribution < 1.29 is 14.3 Å². The Balaban J connectivity index is 1.37. The molecule has 3 heterocycles. The average Bonchev–Trinajstić information content (AvgIpc) is 3.46. The summed E-state index contributed by atoms with van der Waals surface area (Å²) >= 11 is 0. The van der Waals surface area contributed by atoms with Crippen LogP contribution in [0.3, 0.4) is 0 Å². The topological polar surface area (TPSA) is 42.0 Å². The van der Waals surface area contributed by atoms with E-state index in [2.05, 4.69) is 28.0 Å². The number of hydrogen-bond acceptors (Lipinski definition) is 4. The second kappa shape index (κ2) is 7.10. The fraction of sp³-hybridized carbons (Fsp3) is 0.682. The van der Waals surface area contributed by atoms with E-state index in [9.17, 15) is 4.79 Å². The van der Waals surface area contributed by atoms with Gasteiger partial charge in [-0.15, -0.1) is 0 Å². The number of rotatable bonds is 4. The van der Waals surface area contributed by atoms with Crippen LogP contribution >= 0.6 is 0 Å². The molecule has 1 aromatic carbocycles. The average molecular weight is 370 g/mol. The Bertz CT molecular complexity index is 697. The lowest BCUT2D eigenvalue weighted by Crippen LogP contribution is -2.46. The molecule has 3 aliphatic heterocycles. The molecule has 0 bridgehead atoms. The second-order valence-corrected chi connectivity index (χ2v) is 8.72. The van der Waals surface area contributed by atoms with Crippen molar-refractivity contribution in [3.05, 3.63) is 29.8 Å². The number of carbonyl (C=O) groups is 1. The van der Waals surface area contributed by atoms with Gasteiger partial charge in [0.25, 0.3) is 0 Å². The molecule has 146 valence electrons. The van der Waals surface area contributed by atoms with E-state index in [-0.39, 0.29) is 11.8 Å². The molecule has 0 unspecified atom stereocenters. The molecule has 0 N–H and O–H groups in total. The molecule has 4 aliphatic rings. The van der Waals surface area contributed by atoms with E-state index >= 15 is 0 Å². The molecular weight excluding hydrogens is 340 g/mol. The summed E-state index contributed by atoms with van der Waals surface area (Å²) in [4.78, 5) is 18.1. The standard InChI is InChI=1S/C22H30N2O3/c1-26-16-8-10-23(11-9-16)22(25)18-13-24(12-15-6-7-15)21-17-4-2-3-5-20(17)27-14-19(18)21/h2-5,15-16,18-19,21H,6-14H2,1H3/t18-,19+,21+/m1/s1. The Kier molecular flexibility index (Phi) is 4.60. The normalized spacial score (nSPS) is 31.3. The summed E-state index contributed by atoms with van der Waals surface area (Å²) in [5, 5.41) is 0. The van der Waals surface area contributed by atoms with Crippen molar-refractivity contribution in [2.45, 2.75) is 37.8 Å². The first-order valence-corrected chi connectivity index (χ1v) is 10.5. The summed E-state index contributed by atoms with van der Waals surface area (Å²) in [6, 6.07) is 8.75. The Morgan fingerprint density at radius 2 is 1.96 bits per heavy atom. The highest BCUT2D eigenvalue weighted by Gasteiger charge is 2.50. The molecule has 1 amide bonds. The molecule has 5 heteroatoms. The third-order valence-corrected chi connectivity index (χ3v) is 7.01. The number of carbonyl (C=O) groups excluding carboxylic acids is 1. The lowest BCUT2D eigenvalue weighted by molar-refractivity contribution is -0.139. The Hall–Kier alpha value is -1.59. The second-order valence-electron chi connectivity index (χ2n) is 8.72. The number of ether oxygens (including phenoxy) is 2. The van der Waals surface area contributed by atoms with Crippen molar-refractivity contribution in [1.82, 2.24) is 9.80 Å². The van der Waals surface area contributed by atoms with Crippen LogP contribution in [0.15, 0.2) is 24.3 Å². The van der Waals surface area contributed by atoms with E-state index in [0.717, 1.165) is 50.7 Å². The van der Waals surface area contributed by atoms with E-state index < -0.39 is 0 Å². The van der Waals surface area contributed by atoms with Crippen LogP contribution in [0.1, 0.15) is 37.3 Å². The van der Waals surface area contributed by atoms with Gasteiger partial charge >= 0.3 is 0 Å². The molecule has 1 aliphatic carbocycles. The minimum atomic E-state index is 0.0567. The number of nitrogens with zero attached hydrogens (tertiary/aromatic N) is 2. The number of hydrogen-bond donors (Lipinski definition) is 0. The van der Waals surface area contributed by atoms with Gasteiger partial charge in [0.2, 0.25) is 5.91 Å². The highest BCUT2D eigenvalue weighted by molar-refractivity contribution is 5.80. The fourth-order valence-electron chi connectivity index (χ4n) is 5.30. The molecule has 0 radical (unpaired) electrons. The summed E-state index contributed by atoms with van der Waals surface area (Å²) in [6.07, 6.45) is 4.90. The summed E-state index contributed by atoms with van der Waals surface area (Å²) in [6.45, 7) is 4.32. The maximum atomic E-state index is 13.4. The Labute approximate surface area is 161 Å². The van der Waals surface area contributed by atoms with Gasteiger partial charge in [-0.1, -0.05) is 18.2 Å². The lowest BCUT2D eigenvalue weighted by atomic mass is 9.84. The fourth-order valence-corrected chi connectivity index (χ4v) is 5.30. The van der Waals surface area contributed by atoms with Gasteiger partial charge in [-0.2, -0.15) is 0 Å². The zero-order chi connectivity index (χ0) is 18.4. The van der Waals surface area contributed by atoms with Gasteiger partial charge < -0.3 is 14.4 Å². The predicted octanol–water partition coefficient (Wildman–Crippen LogP) is 2.72. The zero-order valence-corrected chi connectivity index (χ0v) is 16.2. The number of likely N-dealkylation sites (tertiary alicyclic amines) is 2. The molecule has 0 aromatic heterocycles. The van der Waals surface area contributed by atoms with Crippen LogP contribution in [0, 0.1) is 17.8 Å². The summed E-state index contributed by atoms with van der Waals surface area (Å²) in [5.74, 6) is 2.49. The number of para-hydroxylation sites is 1. The van der Waals surface area contributed by atoms with Crippen molar-refractivity contribution in [3.8, 4) is 5.75 Å². The molecule has 5 rings (SSSR count). The van der Waals surface area contributed by atoms with Gasteiger partial charge in [0, 0.05) is 50.8 Å². The molecule has 2 saturated heterocycles. The van der Waals surface area contributed by atoms with Crippen molar-refractivity contribution in [3.63, 3.8) is 0 Å². The molecular formula is C22H30N2O3. The van der Waals surface area contributed by atoms with E-state index in [1.54, 1.807) is 7.11 Å². The predicted molar refractivity (Wildman–Crippen MR) is 103 cm³/mol. The first-order valence-electron chi connectivity index (χ1n) is 10.5. The maximum absolute atomic E-state index is 13.4. The maximum Gasteiger partial charge on any atom is 0.227 e. The van der Waals surface area contributed by atoms with E-state index in [0.29, 0.717) is 24.7 Å². The van der Waals surface area contributed by atoms with Crippen LogP contribution in [-0.4, -0.2) is 61.7 Å². The largest absolute Gasteiger partial charge is 0.493 e. The number of benzene rings is 1. The minimum Gasteiger partial charge on any atom is -0.493 e. The highest BCUT2D eigenvalue weighted by Crippen LogP contribution is 2.49. The first kappa shape index (κ1) is 17.5. The van der Waals surface area contributed by atoms with Crippen molar-refractivity contribution in [1.29, 1.82) is 0 Å². The monoisotopic (exact) mass is 370 g/mol. The van der Waals surface area contributed by atoms with E-state index in [1.165, 1.54) is 18.4 Å². The van der Waals surface area contributed by atoms with Crippen LogP contribution in [0.5, 0.6) is 5.75 Å². The quantitative estimate of drug-likeness (QED) is 0.817. The summed E-state index contributed by atoms with van der Waals surface area (Å²) in [5.41, 5.74) is 1.28. The van der Waals surface area contributed by atoms with Gasteiger partial charge in [0.05, 0.1) is 18.6 Å². The number of fused-ring (bicyclic) bond motifs is 3. The van der Waals surface area contributed by atoms with Crippen molar-refractivity contribution in [2.24, 2.45) is 17.8 Å². The SMILES string of the molecule is COC1CCN(C(=O)[C@@H]2CN(CC3CC3)[C@H]3c4ccccc4OC[C@@H]23)CC1. The molecule has 3 atom stereocenters. The van der Waals surface area contributed by atoms with Crippen LogP contribution in [0.25, 0.3) is 0 Å². The van der Waals surface area contributed by atoms with Gasteiger partial charge in [-0.05, 0) is 37.7 Å². The number of amides is 1. The minimum absolute atomic E-state index is 0.0567. The van der Waals surface area contributed by atoms with Gasteiger partial charge in [0.1, 0.15) is 5.75 Å². The van der Waals surface area contributed by atoms with Crippen LogP contribution < -0.4 is 4.74 Å². The van der Waals surface area contributed by atoms with Crippen molar-refractivity contribution >= 4 is 5.91 Å². The molecule has 0 spiro atoms. The number of methoxy groups -OCH3 is 1. The van der Waals surface area contributed by atoms with Crippen LogP contribution in [0.2, 0.25) is 0 Å². The Morgan fingerprint density at radius 1 is 1.19 bits per heavy atom. The summed E-state index contributed by atoms with van der Waals surface area (Å²) in [7, 11) is 1.77. The lowest BCUT2D eigenvalue weighted by Gasteiger charge is -2.36. The third kappa shape index (κ3) is 3.25. The highest BCUT2D eigenvalue weighted by atomic mass is 16.5. The van der Waals surface area contributed by atoms with Gasteiger partial charge in [-0.3, -0.25) is 9.69 Å². The Morgan fingerprint density at radius 3 is 2.70 bits per heavy atom. The smallest absolute Gasteiger partial charge is 0.227 e.